The van der Waals surface area contributed by atoms with Gasteiger partial charge in [0, 0.05) is 23.6 Å². The highest BCUT2D eigenvalue weighted by Gasteiger charge is 2.28. The van der Waals surface area contributed by atoms with Crippen LogP contribution < -0.4 is 16.2 Å². The topological polar surface area (TPSA) is 95.8 Å². The van der Waals surface area contributed by atoms with Crippen LogP contribution in [-0.4, -0.2) is 43.8 Å². The minimum absolute atomic E-state index is 0.407. The minimum atomic E-state index is 0.407. The number of nitrogens with one attached hydrogen (secondary N) is 2. The van der Waals surface area contributed by atoms with Gasteiger partial charge in [-0.1, -0.05) is 6.92 Å². The van der Waals surface area contributed by atoms with E-state index in [0.29, 0.717) is 22.9 Å². The number of rotatable bonds is 2. The van der Waals surface area contributed by atoms with Crippen LogP contribution in [0.3, 0.4) is 0 Å². The normalized spacial score (nSPS) is 23.8. The first kappa shape index (κ1) is 12.5. The van der Waals surface area contributed by atoms with Crippen LogP contribution in [0.25, 0.3) is 11.0 Å². The second-order valence-corrected chi connectivity index (χ2v) is 6.14. The molecule has 2 aromatic heterocycles. The Kier molecular flexibility index (Phi) is 3.19. The lowest BCUT2D eigenvalue weighted by molar-refractivity contribution is 0.622. The van der Waals surface area contributed by atoms with E-state index < -0.39 is 0 Å². The number of aromatic amines is 1. The van der Waals surface area contributed by atoms with E-state index in [1.54, 1.807) is 6.20 Å². The van der Waals surface area contributed by atoms with E-state index in [2.05, 4.69) is 44.3 Å². The van der Waals surface area contributed by atoms with E-state index in [0.717, 1.165) is 23.5 Å². The maximum Gasteiger partial charge on any atom is 0.241 e. The lowest BCUT2D eigenvalue weighted by Gasteiger charge is -2.38. The van der Waals surface area contributed by atoms with Crippen LogP contribution in [0.2, 0.25) is 0 Å². The molecule has 19 heavy (non-hydrogen) atoms. The molecular formula is C11H17N7S. The van der Waals surface area contributed by atoms with Gasteiger partial charge in [-0.15, -0.1) is 0 Å². The van der Waals surface area contributed by atoms with Crippen molar-refractivity contribution in [1.82, 2.24) is 20.2 Å². The number of fused-ring (bicyclic) bond motifs is 1. The van der Waals surface area contributed by atoms with Gasteiger partial charge in [0.1, 0.15) is 5.82 Å². The fourth-order valence-electron chi connectivity index (χ4n) is 2.34. The first-order valence-electron chi connectivity index (χ1n) is 6.26. The van der Waals surface area contributed by atoms with Crippen molar-refractivity contribution < 1.29 is 0 Å². The highest BCUT2D eigenvalue weighted by atomic mass is 32.2. The van der Waals surface area contributed by atoms with E-state index in [1.165, 1.54) is 0 Å². The first-order chi connectivity index (χ1) is 9.20. The van der Waals surface area contributed by atoms with Crippen LogP contribution >= 0.6 is 11.8 Å². The third-order valence-corrected chi connectivity index (χ3v) is 4.91. The summed E-state index contributed by atoms with van der Waals surface area (Å²) >= 11 is 1.99. The molecule has 1 aliphatic heterocycles. The molecular weight excluding hydrogens is 262 g/mol. The molecule has 0 aliphatic carbocycles. The summed E-state index contributed by atoms with van der Waals surface area (Å²) in [5, 5.41) is 8.42. The lowest BCUT2D eigenvalue weighted by atomic mass is 10.2. The second kappa shape index (κ2) is 4.86. The molecule has 7 nitrogen and oxygen atoms in total. The molecule has 0 bridgehead atoms. The zero-order chi connectivity index (χ0) is 13.4. The quantitative estimate of drug-likeness (QED) is 0.557. The average Bonchev–Trinajstić information content (AvgIpc) is 2.89. The summed E-state index contributed by atoms with van der Waals surface area (Å²) in [6.07, 6.45) is 1.77. The van der Waals surface area contributed by atoms with Gasteiger partial charge in [-0.05, 0) is 6.92 Å². The fourth-order valence-corrected chi connectivity index (χ4v) is 3.43. The number of nitrogens with zero attached hydrogens (tertiary/aromatic N) is 4. The molecule has 2 aromatic rings. The van der Waals surface area contributed by atoms with Gasteiger partial charge in [-0.25, -0.2) is 5.84 Å². The van der Waals surface area contributed by atoms with E-state index in [9.17, 15) is 0 Å². The third kappa shape index (κ3) is 2.10. The summed E-state index contributed by atoms with van der Waals surface area (Å²) in [7, 11) is 0. The van der Waals surface area contributed by atoms with Gasteiger partial charge in [0.25, 0.3) is 0 Å². The van der Waals surface area contributed by atoms with Crippen molar-refractivity contribution in [3.8, 4) is 0 Å². The van der Waals surface area contributed by atoms with Crippen molar-refractivity contribution in [2.45, 2.75) is 25.1 Å². The highest BCUT2D eigenvalue weighted by Crippen LogP contribution is 2.31. The Hall–Kier alpha value is -1.54. The van der Waals surface area contributed by atoms with Crippen LogP contribution in [0.5, 0.6) is 0 Å². The molecule has 0 amide bonds. The number of nitrogen functional groups attached to an aromatic ring is 1. The molecule has 1 fully saturated rings. The zero-order valence-corrected chi connectivity index (χ0v) is 11.7. The highest BCUT2D eigenvalue weighted by molar-refractivity contribution is 8.00. The third-order valence-electron chi connectivity index (χ3n) is 3.57. The van der Waals surface area contributed by atoms with Gasteiger partial charge in [-0.3, -0.25) is 10.5 Å². The number of thioether (sulfide) groups is 1. The van der Waals surface area contributed by atoms with Crippen molar-refractivity contribution in [1.29, 1.82) is 0 Å². The summed E-state index contributed by atoms with van der Waals surface area (Å²) < 4.78 is 0. The van der Waals surface area contributed by atoms with Gasteiger partial charge in [0.15, 0.2) is 5.65 Å². The predicted octanol–water partition coefficient (Wildman–Crippen LogP) is 0.969. The van der Waals surface area contributed by atoms with Crippen LogP contribution in [0.1, 0.15) is 13.8 Å². The van der Waals surface area contributed by atoms with Crippen LogP contribution in [-0.2, 0) is 0 Å². The number of hydrogen-bond donors (Lipinski definition) is 3. The summed E-state index contributed by atoms with van der Waals surface area (Å²) in [6, 6.07) is 0.414. The SMILES string of the molecule is CC1SCCN(c2nc(NN)nc3[nH]ncc23)C1C. The Labute approximate surface area is 115 Å². The van der Waals surface area contributed by atoms with Gasteiger partial charge < -0.3 is 4.90 Å². The Bertz CT molecular complexity index is 583. The molecule has 4 N–H and O–H groups in total. The van der Waals surface area contributed by atoms with E-state index in [4.69, 9.17) is 5.84 Å². The van der Waals surface area contributed by atoms with E-state index in [-0.39, 0.29) is 0 Å². The van der Waals surface area contributed by atoms with Crippen LogP contribution in [0.15, 0.2) is 6.20 Å². The summed E-state index contributed by atoms with van der Waals surface area (Å²) in [4.78, 5) is 11.1. The molecule has 0 saturated carbocycles. The molecule has 0 radical (unpaired) electrons. The maximum atomic E-state index is 5.44. The fraction of sp³-hybridized carbons (Fsp3) is 0.545. The van der Waals surface area contributed by atoms with E-state index >= 15 is 0 Å². The first-order valence-corrected chi connectivity index (χ1v) is 7.31. The van der Waals surface area contributed by atoms with E-state index in [1.807, 2.05) is 11.8 Å². The van der Waals surface area contributed by atoms with Gasteiger partial charge in [0.2, 0.25) is 5.95 Å². The monoisotopic (exact) mass is 279 g/mol. The zero-order valence-electron chi connectivity index (χ0n) is 10.9. The average molecular weight is 279 g/mol. The number of aromatic nitrogens is 4. The van der Waals surface area contributed by atoms with Crippen molar-refractivity contribution in [3.05, 3.63) is 6.20 Å². The molecule has 1 aliphatic rings. The van der Waals surface area contributed by atoms with Crippen molar-refractivity contribution >= 4 is 34.6 Å². The Morgan fingerprint density at radius 2 is 2.32 bits per heavy atom. The summed E-state index contributed by atoms with van der Waals surface area (Å²) in [6.45, 7) is 5.44. The molecule has 0 spiro atoms. The summed E-state index contributed by atoms with van der Waals surface area (Å²) in [5.41, 5.74) is 3.22. The number of hydrogen-bond acceptors (Lipinski definition) is 7. The number of nitrogens with two attached hydrogens (primary N) is 1. The second-order valence-electron chi connectivity index (χ2n) is 4.66. The molecule has 102 valence electrons. The van der Waals surface area contributed by atoms with Crippen LogP contribution in [0.4, 0.5) is 11.8 Å². The minimum Gasteiger partial charge on any atom is -0.351 e. The number of H-pyrrole nitrogens is 1. The molecule has 3 heterocycles. The molecule has 2 unspecified atom stereocenters. The van der Waals surface area contributed by atoms with Crippen molar-refractivity contribution in [3.63, 3.8) is 0 Å². The van der Waals surface area contributed by atoms with Crippen molar-refractivity contribution in [2.24, 2.45) is 5.84 Å². The lowest BCUT2D eigenvalue weighted by Crippen LogP contribution is -2.45. The molecule has 1 saturated heterocycles. The molecule has 2 atom stereocenters. The van der Waals surface area contributed by atoms with Crippen molar-refractivity contribution in [2.75, 3.05) is 22.6 Å². The summed E-state index contributed by atoms with van der Waals surface area (Å²) in [5.74, 6) is 7.84. The molecule has 3 rings (SSSR count). The van der Waals surface area contributed by atoms with Gasteiger partial charge in [0.05, 0.1) is 11.6 Å². The largest absolute Gasteiger partial charge is 0.351 e. The standard InChI is InChI=1S/C11H17N7S/c1-6-7(2)19-4-3-18(6)10-8-5-13-17-9(8)14-11(15-10)16-12/h5-7H,3-4,12H2,1-2H3,(H2,13,14,15,16,17). The Morgan fingerprint density at radius 3 is 3.11 bits per heavy atom. The van der Waals surface area contributed by atoms with Crippen LogP contribution in [0, 0.1) is 0 Å². The smallest absolute Gasteiger partial charge is 0.241 e. The molecule has 8 heteroatoms. The van der Waals surface area contributed by atoms with Gasteiger partial charge in [-0.2, -0.15) is 26.8 Å². The maximum absolute atomic E-state index is 5.44. The molecule has 0 aromatic carbocycles. The Morgan fingerprint density at radius 1 is 1.47 bits per heavy atom. The number of anilines is 2. The van der Waals surface area contributed by atoms with Gasteiger partial charge >= 0.3 is 0 Å². The Balaban J connectivity index is 2.09. The predicted molar refractivity (Wildman–Crippen MR) is 78.2 cm³/mol. The number of hydrazine groups is 1.